The summed E-state index contributed by atoms with van der Waals surface area (Å²) in [4.78, 5) is 11.6. The van der Waals surface area contributed by atoms with Crippen LogP contribution in [0.3, 0.4) is 0 Å². The Morgan fingerprint density at radius 3 is 2.55 bits per heavy atom. The SMILES string of the molecule is CCCc1nnc(SCc2ccc(Br)cc2)n1/N=C\c1ccc(C(=O)OC)cc1. The highest BCUT2D eigenvalue weighted by Gasteiger charge is 2.12. The molecule has 0 amide bonds. The topological polar surface area (TPSA) is 69.4 Å². The number of ether oxygens (including phenoxy) is 1. The van der Waals surface area contributed by atoms with Crippen LogP contribution in [-0.4, -0.2) is 34.2 Å². The zero-order chi connectivity index (χ0) is 20.6. The van der Waals surface area contributed by atoms with Crippen molar-refractivity contribution in [2.45, 2.75) is 30.7 Å². The fourth-order valence-corrected chi connectivity index (χ4v) is 3.68. The van der Waals surface area contributed by atoms with Crippen molar-refractivity contribution in [3.05, 3.63) is 75.5 Å². The number of carbonyl (C=O) groups excluding carboxylic acids is 1. The van der Waals surface area contributed by atoms with Crippen molar-refractivity contribution >= 4 is 39.9 Å². The molecule has 1 heterocycles. The Bertz CT molecular complexity index is 985. The molecular formula is C21H21BrN4O2S. The van der Waals surface area contributed by atoms with Crippen LogP contribution in [0.25, 0.3) is 0 Å². The van der Waals surface area contributed by atoms with Crippen molar-refractivity contribution in [1.29, 1.82) is 0 Å². The average Bonchev–Trinajstić information content (AvgIpc) is 3.13. The Labute approximate surface area is 182 Å². The summed E-state index contributed by atoms with van der Waals surface area (Å²) < 4.78 is 7.58. The number of aryl methyl sites for hydroxylation is 1. The first-order valence-corrected chi connectivity index (χ1v) is 10.9. The molecule has 0 bridgehead atoms. The van der Waals surface area contributed by atoms with E-state index in [-0.39, 0.29) is 5.97 Å². The predicted molar refractivity (Wildman–Crippen MR) is 118 cm³/mol. The van der Waals surface area contributed by atoms with Gasteiger partial charge in [0.15, 0.2) is 5.82 Å². The highest BCUT2D eigenvalue weighted by molar-refractivity contribution is 9.10. The van der Waals surface area contributed by atoms with Gasteiger partial charge < -0.3 is 4.74 Å². The maximum atomic E-state index is 11.6. The Morgan fingerprint density at radius 2 is 1.90 bits per heavy atom. The van der Waals surface area contributed by atoms with E-state index in [2.05, 4.69) is 50.3 Å². The van der Waals surface area contributed by atoms with Crippen molar-refractivity contribution < 1.29 is 9.53 Å². The van der Waals surface area contributed by atoms with Gasteiger partial charge in [-0.1, -0.05) is 58.9 Å². The molecule has 3 rings (SSSR count). The van der Waals surface area contributed by atoms with Crippen LogP contribution >= 0.6 is 27.7 Å². The summed E-state index contributed by atoms with van der Waals surface area (Å²) in [6.07, 6.45) is 3.50. The summed E-state index contributed by atoms with van der Waals surface area (Å²) in [6.45, 7) is 2.10. The molecule has 29 heavy (non-hydrogen) atoms. The second kappa shape index (κ2) is 10.4. The van der Waals surface area contributed by atoms with Crippen LogP contribution in [0.2, 0.25) is 0 Å². The number of benzene rings is 2. The third-order valence-corrected chi connectivity index (χ3v) is 5.60. The zero-order valence-corrected chi connectivity index (χ0v) is 18.6. The number of rotatable bonds is 8. The molecule has 0 saturated heterocycles. The van der Waals surface area contributed by atoms with Gasteiger partial charge in [-0.25, -0.2) is 4.79 Å². The highest BCUT2D eigenvalue weighted by Crippen LogP contribution is 2.23. The Kier molecular flexibility index (Phi) is 7.60. The molecule has 3 aromatic rings. The van der Waals surface area contributed by atoms with Gasteiger partial charge in [0.1, 0.15) is 0 Å². The van der Waals surface area contributed by atoms with Gasteiger partial charge in [0.05, 0.1) is 18.9 Å². The van der Waals surface area contributed by atoms with Crippen LogP contribution in [0.4, 0.5) is 0 Å². The molecular weight excluding hydrogens is 452 g/mol. The summed E-state index contributed by atoms with van der Waals surface area (Å²) in [7, 11) is 1.37. The van der Waals surface area contributed by atoms with Crippen LogP contribution in [0.1, 0.15) is 40.7 Å². The number of nitrogens with zero attached hydrogens (tertiary/aromatic N) is 4. The van der Waals surface area contributed by atoms with Gasteiger partial charge in [-0.2, -0.15) is 9.78 Å². The number of carbonyl (C=O) groups is 1. The van der Waals surface area contributed by atoms with Gasteiger partial charge in [0.2, 0.25) is 5.16 Å². The van der Waals surface area contributed by atoms with Crippen molar-refractivity contribution in [1.82, 2.24) is 14.9 Å². The normalized spacial score (nSPS) is 11.1. The minimum Gasteiger partial charge on any atom is -0.465 e. The molecule has 0 aliphatic rings. The molecule has 150 valence electrons. The molecule has 1 aromatic heterocycles. The number of thioether (sulfide) groups is 1. The van der Waals surface area contributed by atoms with E-state index in [4.69, 9.17) is 4.74 Å². The highest BCUT2D eigenvalue weighted by atomic mass is 79.9. The van der Waals surface area contributed by atoms with E-state index >= 15 is 0 Å². The number of esters is 1. The summed E-state index contributed by atoms with van der Waals surface area (Å²) in [5.74, 6) is 1.25. The molecule has 0 spiro atoms. The van der Waals surface area contributed by atoms with Crippen LogP contribution in [0.5, 0.6) is 0 Å². The van der Waals surface area contributed by atoms with Crippen molar-refractivity contribution in [3.8, 4) is 0 Å². The number of methoxy groups -OCH3 is 1. The fourth-order valence-electron chi connectivity index (χ4n) is 2.56. The number of aromatic nitrogens is 3. The van der Waals surface area contributed by atoms with Crippen molar-refractivity contribution in [2.24, 2.45) is 5.10 Å². The van der Waals surface area contributed by atoms with Crippen LogP contribution in [-0.2, 0) is 16.9 Å². The maximum absolute atomic E-state index is 11.6. The molecule has 0 fully saturated rings. The summed E-state index contributed by atoms with van der Waals surface area (Å²) in [6, 6.07) is 15.3. The number of hydrogen-bond donors (Lipinski definition) is 0. The van der Waals surface area contributed by atoms with Crippen LogP contribution < -0.4 is 0 Å². The minimum absolute atomic E-state index is 0.357. The van der Waals surface area contributed by atoms with Crippen LogP contribution in [0.15, 0.2) is 63.3 Å². The van der Waals surface area contributed by atoms with Gasteiger partial charge in [0.25, 0.3) is 0 Å². The van der Waals surface area contributed by atoms with Gasteiger partial charge in [-0.05, 0) is 41.8 Å². The molecule has 0 aliphatic carbocycles. The maximum Gasteiger partial charge on any atom is 0.337 e. The van der Waals surface area contributed by atoms with Crippen LogP contribution in [0, 0.1) is 0 Å². The largest absolute Gasteiger partial charge is 0.465 e. The first-order chi connectivity index (χ1) is 14.1. The molecule has 2 aromatic carbocycles. The first kappa shape index (κ1) is 21.3. The lowest BCUT2D eigenvalue weighted by Gasteiger charge is -2.04. The predicted octanol–water partition coefficient (Wildman–Crippen LogP) is 4.95. The van der Waals surface area contributed by atoms with E-state index in [1.165, 1.54) is 12.7 Å². The van der Waals surface area contributed by atoms with E-state index in [9.17, 15) is 4.79 Å². The lowest BCUT2D eigenvalue weighted by molar-refractivity contribution is 0.0600. The summed E-state index contributed by atoms with van der Waals surface area (Å²) in [5, 5.41) is 14.0. The van der Waals surface area contributed by atoms with Gasteiger partial charge in [0, 0.05) is 16.6 Å². The standard InChI is InChI=1S/C21H21BrN4O2S/c1-3-4-19-24-25-21(29-14-16-7-11-18(22)12-8-16)26(19)23-13-15-5-9-17(10-6-15)20(27)28-2/h5-13H,3-4,14H2,1-2H3/b23-13-. The van der Waals surface area contributed by atoms with E-state index in [1.807, 2.05) is 24.3 Å². The van der Waals surface area contributed by atoms with E-state index in [0.29, 0.717) is 5.56 Å². The molecule has 0 unspecified atom stereocenters. The van der Waals surface area contributed by atoms with Gasteiger partial charge in [-0.3, -0.25) is 0 Å². The monoisotopic (exact) mass is 472 g/mol. The first-order valence-electron chi connectivity index (χ1n) is 9.15. The van der Waals surface area contributed by atoms with E-state index < -0.39 is 0 Å². The third kappa shape index (κ3) is 5.77. The molecule has 0 atom stereocenters. The molecule has 0 N–H and O–H groups in total. The fraction of sp³-hybridized carbons (Fsp3) is 0.238. The molecule has 0 radical (unpaired) electrons. The Balaban J connectivity index is 1.77. The average molecular weight is 473 g/mol. The smallest absolute Gasteiger partial charge is 0.337 e. The van der Waals surface area contributed by atoms with E-state index in [0.717, 1.165) is 39.6 Å². The molecule has 0 aliphatic heterocycles. The summed E-state index contributed by atoms with van der Waals surface area (Å²) >= 11 is 5.05. The second-order valence-corrected chi connectivity index (χ2v) is 8.09. The van der Waals surface area contributed by atoms with E-state index in [1.54, 1.807) is 34.8 Å². The van der Waals surface area contributed by atoms with Gasteiger partial charge in [-0.15, -0.1) is 10.2 Å². The number of hydrogen-bond acceptors (Lipinski definition) is 6. The lowest BCUT2D eigenvalue weighted by atomic mass is 10.1. The lowest BCUT2D eigenvalue weighted by Crippen LogP contribution is -2.02. The third-order valence-electron chi connectivity index (χ3n) is 4.09. The molecule has 8 heteroatoms. The van der Waals surface area contributed by atoms with Crippen molar-refractivity contribution in [2.75, 3.05) is 7.11 Å². The second-order valence-electron chi connectivity index (χ2n) is 6.23. The van der Waals surface area contributed by atoms with Gasteiger partial charge >= 0.3 is 5.97 Å². The quantitative estimate of drug-likeness (QED) is 0.263. The minimum atomic E-state index is -0.357. The number of halogens is 1. The summed E-state index contributed by atoms with van der Waals surface area (Å²) in [5.41, 5.74) is 2.58. The Hall–Kier alpha value is -2.45. The van der Waals surface area contributed by atoms with Crippen molar-refractivity contribution in [3.63, 3.8) is 0 Å². The molecule has 6 nitrogen and oxygen atoms in total. The Morgan fingerprint density at radius 1 is 1.17 bits per heavy atom. The zero-order valence-electron chi connectivity index (χ0n) is 16.2. The molecule has 0 saturated carbocycles.